The average Bonchev–Trinajstić information content (AvgIpc) is 3.17. The van der Waals surface area contributed by atoms with Gasteiger partial charge >= 0.3 is 5.97 Å². The van der Waals surface area contributed by atoms with Crippen LogP contribution in [-0.4, -0.2) is 26.2 Å². The Balaban J connectivity index is 2.05. The van der Waals surface area contributed by atoms with Crippen molar-refractivity contribution in [2.24, 2.45) is 0 Å². The summed E-state index contributed by atoms with van der Waals surface area (Å²) in [5, 5.41) is 0.626. The number of rotatable bonds is 8. The molecule has 0 radical (unpaired) electrons. The number of carbonyl (C=O) groups excluding carboxylic acids is 1. The van der Waals surface area contributed by atoms with E-state index in [-0.39, 0.29) is 5.97 Å². The normalized spacial score (nSPS) is 17.2. The highest BCUT2D eigenvalue weighted by atomic mass is 35.5. The average molecular weight is 474 g/mol. The van der Waals surface area contributed by atoms with E-state index in [0.717, 1.165) is 41.0 Å². The topological polar surface area (TPSA) is 38.8 Å². The highest BCUT2D eigenvalue weighted by Crippen LogP contribution is 2.53. The second-order valence-electron chi connectivity index (χ2n) is 8.00. The predicted octanol–water partition coefficient (Wildman–Crippen LogP) is 6.88. The number of carbonyl (C=O) groups is 1. The van der Waals surface area contributed by atoms with Crippen LogP contribution in [0.4, 0.5) is 5.69 Å². The third-order valence-corrected chi connectivity index (χ3v) is 6.54. The maximum Gasteiger partial charge on any atom is 0.340 e. The Kier molecular flexibility index (Phi) is 6.80. The van der Waals surface area contributed by atoms with Gasteiger partial charge in [-0.15, -0.1) is 0 Å². The first-order valence-electron chi connectivity index (χ1n) is 11.4. The van der Waals surface area contributed by atoms with E-state index in [4.69, 9.17) is 21.1 Å². The van der Waals surface area contributed by atoms with Crippen LogP contribution in [0.2, 0.25) is 5.02 Å². The highest BCUT2D eigenvalue weighted by molar-refractivity contribution is 6.30. The third-order valence-electron chi connectivity index (χ3n) is 6.28. The second-order valence-corrected chi connectivity index (χ2v) is 8.43. The lowest BCUT2D eigenvalue weighted by molar-refractivity contribution is 0.0298. The highest BCUT2D eigenvalue weighted by Gasteiger charge is 2.51. The van der Waals surface area contributed by atoms with Crippen molar-refractivity contribution in [1.29, 1.82) is 0 Å². The largest absolute Gasteiger partial charge is 0.496 e. The summed E-state index contributed by atoms with van der Waals surface area (Å²) in [7, 11) is 1.64. The molecule has 1 aliphatic rings. The van der Waals surface area contributed by atoms with E-state index in [0.29, 0.717) is 16.3 Å². The molecular weight excluding hydrogens is 446 g/mol. The lowest BCUT2D eigenvalue weighted by atomic mass is 9.76. The quantitative estimate of drug-likeness (QED) is 0.264. The van der Waals surface area contributed by atoms with Crippen LogP contribution in [0.3, 0.4) is 0 Å². The van der Waals surface area contributed by atoms with Crippen LogP contribution in [0.15, 0.2) is 85.5 Å². The Bertz CT molecular complexity index is 1240. The predicted molar refractivity (Wildman–Crippen MR) is 139 cm³/mol. The standard InChI is InChI=1S/C29H28ClNO3/c1-5-10-24(20-13-15-21(30)16-14-20)29(25-12-9-8-11-23(25)28(32)34-29)26-18-17-22(19-27(26)33-4)31(6-2)7-3/h5,8-19H,1,6-7H2,2-4H3. The van der Waals surface area contributed by atoms with Crippen LogP contribution < -0.4 is 9.64 Å². The number of halogens is 1. The van der Waals surface area contributed by atoms with Gasteiger partial charge in [0.1, 0.15) is 5.75 Å². The number of benzene rings is 3. The molecule has 0 saturated carbocycles. The van der Waals surface area contributed by atoms with Gasteiger partial charge in [-0.05, 0) is 49.7 Å². The molecule has 0 N–H and O–H groups in total. The molecule has 0 aromatic heterocycles. The van der Waals surface area contributed by atoms with Gasteiger partial charge < -0.3 is 14.4 Å². The molecule has 3 aromatic rings. The molecule has 1 aliphatic heterocycles. The molecule has 0 bridgehead atoms. The summed E-state index contributed by atoms with van der Waals surface area (Å²) < 4.78 is 12.2. The Morgan fingerprint density at radius 1 is 1.06 bits per heavy atom. The maximum atomic E-state index is 13.2. The molecule has 4 rings (SSSR count). The zero-order valence-electron chi connectivity index (χ0n) is 19.7. The van der Waals surface area contributed by atoms with E-state index in [1.807, 2.05) is 60.7 Å². The maximum absolute atomic E-state index is 13.2. The number of ether oxygens (including phenoxy) is 2. The van der Waals surface area contributed by atoms with Crippen LogP contribution in [0.25, 0.3) is 5.57 Å². The minimum absolute atomic E-state index is 0.380. The van der Waals surface area contributed by atoms with E-state index in [1.54, 1.807) is 19.3 Å². The van der Waals surface area contributed by atoms with Crippen LogP contribution in [0, 0.1) is 0 Å². The number of esters is 1. The zero-order chi connectivity index (χ0) is 24.3. The van der Waals surface area contributed by atoms with Gasteiger partial charge in [-0.2, -0.15) is 0 Å². The van der Waals surface area contributed by atoms with E-state index in [9.17, 15) is 4.79 Å². The summed E-state index contributed by atoms with van der Waals surface area (Å²) in [6.07, 6.45) is 3.59. The van der Waals surface area contributed by atoms with Crippen molar-refractivity contribution in [3.63, 3.8) is 0 Å². The molecule has 174 valence electrons. The van der Waals surface area contributed by atoms with Gasteiger partial charge in [0.25, 0.3) is 0 Å². The number of methoxy groups -OCH3 is 1. The molecule has 0 fully saturated rings. The Labute approximate surface area is 206 Å². The van der Waals surface area contributed by atoms with Crippen LogP contribution in [0.1, 0.15) is 40.9 Å². The Morgan fingerprint density at radius 2 is 1.76 bits per heavy atom. The molecule has 4 nitrogen and oxygen atoms in total. The summed E-state index contributed by atoms with van der Waals surface area (Å²) in [5.41, 5.74) is 3.49. The monoisotopic (exact) mass is 473 g/mol. The van der Waals surface area contributed by atoms with Crippen molar-refractivity contribution in [1.82, 2.24) is 0 Å². The van der Waals surface area contributed by atoms with Gasteiger partial charge in [-0.3, -0.25) is 0 Å². The Hall–Kier alpha value is -3.50. The zero-order valence-corrected chi connectivity index (χ0v) is 20.4. The molecule has 1 heterocycles. The number of hydrogen-bond acceptors (Lipinski definition) is 4. The molecular formula is C29H28ClNO3. The summed E-state index contributed by atoms with van der Waals surface area (Å²) in [5.74, 6) is 0.257. The molecule has 0 spiro atoms. The lowest BCUT2D eigenvalue weighted by Gasteiger charge is -2.34. The first-order valence-corrected chi connectivity index (χ1v) is 11.7. The molecule has 34 heavy (non-hydrogen) atoms. The fourth-order valence-corrected chi connectivity index (χ4v) is 4.81. The fourth-order valence-electron chi connectivity index (χ4n) is 4.68. The van der Waals surface area contributed by atoms with Crippen molar-refractivity contribution in [2.45, 2.75) is 19.4 Å². The minimum atomic E-state index is -1.22. The number of allylic oxidation sites excluding steroid dienone is 2. The number of nitrogens with zero attached hydrogens (tertiary/aromatic N) is 1. The molecule has 5 heteroatoms. The van der Waals surface area contributed by atoms with E-state index >= 15 is 0 Å². The SMILES string of the molecule is C=CC=C(c1ccc(Cl)cc1)C1(c2ccc(N(CC)CC)cc2OC)OC(=O)c2ccccc21. The van der Waals surface area contributed by atoms with Gasteiger partial charge in [0.15, 0.2) is 5.60 Å². The Morgan fingerprint density at radius 3 is 2.41 bits per heavy atom. The van der Waals surface area contributed by atoms with E-state index < -0.39 is 5.60 Å². The van der Waals surface area contributed by atoms with Crippen LogP contribution >= 0.6 is 11.6 Å². The number of fused-ring (bicyclic) bond motifs is 1. The molecule has 0 aliphatic carbocycles. The van der Waals surface area contributed by atoms with Crippen molar-refractivity contribution in [3.05, 3.63) is 113 Å². The van der Waals surface area contributed by atoms with E-state index in [1.165, 1.54) is 0 Å². The smallest absolute Gasteiger partial charge is 0.340 e. The number of hydrogen-bond donors (Lipinski definition) is 0. The van der Waals surface area contributed by atoms with Crippen molar-refractivity contribution < 1.29 is 14.3 Å². The van der Waals surface area contributed by atoms with E-state index in [2.05, 4.69) is 31.4 Å². The van der Waals surface area contributed by atoms with Gasteiger partial charge in [0, 0.05) is 46.6 Å². The molecule has 3 aromatic carbocycles. The summed E-state index contributed by atoms with van der Waals surface area (Å²) in [6.45, 7) is 9.91. The molecule has 0 amide bonds. The lowest BCUT2D eigenvalue weighted by Crippen LogP contribution is -2.31. The fraction of sp³-hybridized carbons (Fsp3) is 0.207. The van der Waals surface area contributed by atoms with Crippen molar-refractivity contribution >= 4 is 28.8 Å². The minimum Gasteiger partial charge on any atom is -0.496 e. The van der Waals surface area contributed by atoms with Gasteiger partial charge in [-0.1, -0.05) is 60.7 Å². The molecule has 1 atom stereocenters. The van der Waals surface area contributed by atoms with Gasteiger partial charge in [0.2, 0.25) is 0 Å². The first kappa shape index (κ1) is 23.7. The van der Waals surface area contributed by atoms with Crippen molar-refractivity contribution in [3.8, 4) is 5.75 Å². The van der Waals surface area contributed by atoms with Crippen LogP contribution in [-0.2, 0) is 10.3 Å². The summed E-state index contributed by atoms with van der Waals surface area (Å²) >= 11 is 6.18. The van der Waals surface area contributed by atoms with Crippen molar-refractivity contribution in [2.75, 3.05) is 25.1 Å². The third kappa shape index (κ3) is 3.88. The summed E-state index contributed by atoms with van der Waals surface area (Å²) in [4.78, 5) is 15.4. The van der Waals surface area contributed by atoms with Crippen LogP contribution in [0.5, 0.6) is 5.75 Å². The second kappa shape index (κ2) is 9.78. The number of anilines is 1. The van der Waals surface area contributed by atoms with Gasteiger partial charge in [0.05, 0.1) is 12.7 Å². The molecule has 1 unspecified atom stereocenters. The summed E-state index contributed by atoms with van der Waals surface area (Å²) in [6, 6.07) is 21.0. The van der Waals surface area contributed by atoms with Gasteiger partial charge in [-0.25, -0.2) is 4.79 Å². The first-order chi connectivity index (χ1) is 16.5. The number of cyclic esters (lactones) is 1. The molecule has 0 saturated heterocycles.